The minimum absolute atomic E-state index is 0.296. The van der Waals surface area contributed by atoms with Crippen LogP contribution in [0.4, 0.5) is 0 Å². The zero-order valence-corrected chi connectivity index (χ0v) is 10.6. The van der Waals surface area contributed by atoms with E-state index in [0.717, 1.165) is 37.4 Å². The van der Waals surface area contributed by atoms with Crippen molar-refractivity contribution in [3.8, 4) is 0 Å². The summed E-state index contributed by atoms with van der Waals surface area (Å²) < 4.78 is 5.33. The first-order valence-corrected chi connectivity index (χ1v) is 6.29. The number of aromatic nitrogens is 3. The van der Waals surface area contributed by atoms with Gasteiger partial charge < -0.3 is 9.72 Å². The molecule has 17 heavy (non-hydrogen) atoms. The van der Waals surface area contributed by atoms with Crippen LogP contribution in [0.2, 0.25) is 10.2 Å². The molecule has 90 valence electrons. The second-order valence-electron chi connectivity index (χ2n) is 4.14. The van der Waals surface area contributed by atoms with Gasteiger partial charge in [-0.25, -0.2) is 9.97 Å². The predicted molar refractivity (Wildman–Crippen MR) is 66.7 cm³/mol. The summed E-state index contributed by atoms with van der Waals surface area (Å²) in [5, 5.41) is 0.741. The Morgan fingerprint density at radius 2 is 2.00 bits per heavy atom. The highest BCUT2D eigenvalue weighted by atomic mass is 35.5. The van der Waals surface area contributed by atoms with Crippen molar-refractivity contribution in [1.82, 2.24) is 15.0 Å². The molecule has 0 radical (unpaired) electrons. The average Bonchev–Trinajstić information content (AvgIpc) is 2.74. The molecule has 3 heterocycles. The van der Waals surface area contributed by atoms with Gasteiger partial charge in [-0.15, -0.1) is 0 Å². The van der Waals surface area contributed by atoms with Crippen molar-refractivity contribution in [2.75, 3.05) is 13.2 Å². The zero-order valence-electron chi connectivity index (χ0n) is 9.04. The van der Waals surface area contributed by atoms with Gasteiger partial charge in [-0.2, -0.15) is 0 Å². The lowest BCUT2D eigenvalue weighted by Gasteiger charge is -2.19. The Kier molecular flexibility index (Phi) is 2.94. The minimum atomic E-state index is 0.296. The van der Waals surface area contributed by atoms with Crippen LogP contribution in [0, 0.1) is 0 Å². The van der Waals surface area contributed by atoms with Gasteiger partial charge in [0.25, 0.3) is 0 Å². The quantitative estimate of drug-likeness (QED) is 0.811. The smallest absolute Gasteiger partial charge is 0.179 e. The molecule has 6 heteroatoms. The molecule has 1 aliphatic heterocycles. The Hall–Kier alpha value is -0.840. The van der Waals surface area contributed by atoms with Crippen LogP contribution in [0.1, 0.15) is 24.6 Å². The molecular formula is C11H11Cl2N3O. The van der Waals surface area contributed by atoms with Crippen molar-refractivity contribution in [3.63, 3.8) is 0 Å². The van der Waals surface area contributed by atoms with Gasteiger partial charge in [0, 0.05) is 19.1 Å². The van der Waals surface area contributed by atoms with Crippen LogP contribution in [0.15, 0.2) is 6.07 Å². The minimum Gasteiger partial charge on any atom is -0.381 e. The van der Waals surface area contributed by atoms with Crippen molar-refractivity contribution >= 4 is 34.4 Å². The SMILES string of the molecule is Clc1cc2[nH]c(C3CCOCC3)nc2nc1Cl. The van der Waals surface area contributed by atoms with E-state index in [-0.39, 0.29) is 0 Å². The third-order valence-electron chi connectivity index (χ3n) is 3.01. The molecule has 1 fully saturated rings. The number of fused-ring (bicyclic) bond motifs is 1. The summed E-state index contributed by atoms with van der Waals surface area (Å²) in [5.41, 5.74) is 1.46. The zero-order chi connectivity index (χ0) is 11.8. The molecule has 0 atom stereocenters. The van der Waals surface area contributed by atoms with Crippen LogP contribution in [0.5, 0.6) is 0 Å². The van der Waals surface area contributed by atoms with E-state index in [0.29, 0.717) is 21.7 Å². The molecule has 0 spiro atoms. The molecule has 0 saturated carbocycles. The number of halogens is 2. The Bertz CT molecular complexity index is 510. The van der Waals surface area contributed by atoms with E-state index in [4.69, 9.17) is 27.9 Å². The lowest BCUT2D eigenvalue weighted by atomic mass is 10.00. The van der Waals surface area contributed by atoms with Crippen LogP contribution in [0.3, 0.4) is 0 Å². The van der Waals surface area contributed by atoms with Gasteiger partial charge in [-0.1, -0.05) is 23.2 Å². The maximum Gasteiger partial charge on any atom is 0.179 e. The van der Waals surface area contributed by atoms with Crippen molar-refractivity contribution in [2.45, 2.75) is 18.8 Å². The summed E-state index contributed by atoms with van der Waals surface area (Å²) in [6, 6.07) is 1.77. The molecule has 1 N–H and O–H groups in total. The summed E-state index contributed by atoms with van der Waals surface area (Å²) in [7, 11) is 0. The number of aromatic amines is 1. The fourth-order valence-corrected chi connectivity index (χ4v) is 2.37. The Balaban J connectivity index is 2.00. The van der Waals surface area contributed by atoms with Crippen LogP contribution >= 0.6 is 23.2 Å². The molecule has 4 nitrogen and oxygen atoms in total. The molecule has 1 saturated heterocycles. The Morgan fingerprint density at radius 1 is 1.24 bits per heavy atom. The first-order chi connectivity index (χ1) is 8.24. The van der Waals surface area contributed by atoms with Crippen molar-refractivity contribution in [3.05, 3.63) is 22.1 Å². The Labute approximate surface area is 108 Å². The van der Waals surface area contributed by atoms with Crippen molar-refractivity contribution in [2.24, 2.45) is 0 Å². The molecule has 0 aliphatic carbocycles. The van der Waals surface area contributed by atoms with Crippen LogP contribution in [-0.4, -0.2) is 28.2 Å². The normalized spacial score (nSPS) is 17.8. The number of nitrogens with zero attached hydrogens (tertiary/aromatic N) is 2. The molecule has 0 amide bonds. The van der Waals surface area contributed by atoms with Gasteiger partial charge in [0.2, 0.25) is 0 Å². The molecule has 2 aromatic heterocycles. The first kappa shape index (κ1) is 11.3. The maximum atomic E-state index is 5.92. The molecule has 2 aromatic rings. The lowest BCUT2D eigenvalue weighted by molar-refractivity contribution is 0.0838. The first-order valence-electron chi connectivity index (χ1n) is 5.53. The van der Waals surface area contributed by atoms with E-state index in [1.165, 1.54) is 0 Å². The number of pyridine rings is 1. The lowest BCUT2D eigenvalue weighted by Crippen LogP contribution is -2.15. The fraction of sp³-hybridized carbons (Fsp3) is 0.455. The van der Waals surface area contributed by atoms with Gasteiger partial charge in [-0.05, 0) is 18.9 Å². The monoisotopic (exact) mass is 271 g/mol. The third kappa shape index (κ3) is 2.12. The summed E-state index contributed by atoms with van der Waals surface area (Å²) in [6.07, 6.45) is 1.97. The van der Waals surface area contributed by atoms with Gasteiger partial charge in [0.1, 0.15) is 11.0 Å². The highest BCUT2D eigenvalue weighted by molar-refractivity contribution is 6.41. The molecular weight excluding hydrogens is 261 g/mol. The molecule has 0 bridgehead atoms. The number of hydrogen-bond donors (Lipinski definition) is 1. The van der Waals surface area contributed by atoms with Gasteiger partial charge in [0.05, 0.1) is 10.5 Å². The number of imidazole rings is 1. The van der Waals surface area contributed by atoms with Crippen LogP contribution < -0.4 is 0 Å². The van der Waals surface area contributed by atoms with Crippen molar-refractivity contribution < 1.29 is 4.74 Å². The van der Waals surface area contributed by atoms with Crippen molar-refractivity contribution in [1.29, 1.82) is 0 Å². The number of hydrogen-bond acceptors (Lipinski definition) is 3. The van der Waals surface area contributed by atoms with E-state index in [1.807, 2.05) is 0 Å². The second-order valence-corrected chi connectivity index (χ2v) is 4.91. The highest BCUT2D eigenvalue weighted by Gasteiger charge is 2.20. The summed E-state index contributed by atoms with van der Waals surface area (Å²) >= 11 is 11.8. The van der Waals surface area contributed by atoms with Gasteiger partial charge in [0.15, 0.2) is 5.65 Å². The Morgan fingerprint density at radius 3 is 2.76 bits per heavy atom. The molecule has 0 aromatic carbocycles. The van der Waals surface area contributed by atoms with E-state index >= 15 is 0 Å². The highest BCUT2D eigenvalue weighted by Crippen LogP contribution is 2.28. The average molecular weight is 272 g/mol. The predicted octanol–water partition coefficient (Wildman–Crippen LogP) is 3.16. The second kappa shape index (κ2) is 4.44. The van der Waals surface area contributed by atoms with E-state index in [2.05, 4.69) is 15.0 Å². The summed E-state index contributed by atoms with van der Waals surface area (Å²) in [5.74, 6) is 1.37. The number of ether oxygens (including phenoxy) is 1. The summed E-state index contributed by atoms with van der Waals surface area (Å²) in [4.78, 5) is 11.9. The number of rotatable bonds is 1. The third-order valence-corrected chi connectivity index (χ3v) is 3.68. The molecule has 1 aliphatic rings. The molecule has 3 rings (SSSR count). The molecule has 0 unspecified atom stereocenters. The van der Waals surface area contributed by atoms with Gasteiger partial charge >= 0.3 is 0 Å². The largest absolute Gasteiger partial charge is 0.381 e. The fourth-order valence-electron chi connectivity index (χ4n) is 2.08. The summed E-state index contributed by atoms with van der Waals surface area (Å²) in [6.45, 7) is 1.58. The van der Waals surface area contributed by atoms with Crippen LogP contribution in [-0.2, 0) is 4.74 Å². The maximum absolute atomic E-state index is 5.92. The number of H-pyrrole nitrogens is 1. The van der Waals surface area contributed by atoms with E-state index < -0.39 is 0 Å². The standard InChI is InChI=1S/C11H11Cl2N3O/c12-7-5-8-11(15-9(7)13)16-10(14-8)6-1-3-17-4-2-6/h5-6H,1-4H2,(H,14,15,16). The van der Waals surface area contributed by atoms with E-state index in [1.54, 1.807) is 6.07 Å². The number of nitrogens with one attached hydrogen (secondary N) is 1. The van der Waals surface area contributed by atoms with E-state index in [9.17, 15) is 0 Å². The topological polar surface area (TPSA) is 50.8 Å². The van der Waals surface area contributed by atoms with Crippen LogP contribution in [0.25, 0.3) is 11.2 Å². The van der Waals surface area contributed by atoms with Gasteiger partial charge in [-0.3, -0.25) is 0 Å².